The van der Waals surface area contributed by atoms with E-state index in [0.29, 0.717) is 5.41 Å². The lowest BCUT2D eigenvalue weighted by molar-refractivity contribution is 0.225. The Bertz CT molecular complexity index is 644. The van der Waals surface area contributed by atoms with Crippen LogP contribution >= 0.6 is 0 Å². The first kappa shape index (κ1) is 14.4. The maximum atomic E-state index is 3.38. The predicted octanol–water partition coefficient (Wildman–Crippen LogP) is 5.87. The Hall–Kier alpha value is -1.50. The van der Waals surface area contributed by atoms with Gasteiger partial charge in [0, 0.05) is 12.7 Å². The van der Waals surface area contributed by atoms with Crippen LogP contribution in [0.2, 0.25) is 0 Å². The second-order valence-corrected chi connectivity index (χ2v) is 7.37. The number of aryl methyl sites for hydroxylation is 1. The maximum Gasteiger partial charge on any atom is 0.0376 e. The molecular weight excluding hydrogens is 254 g/mol. The molecule has 1 nitrogen and oxygen atoms in total. The van der Waals surface area contributed by atoms with Crippen LogP contribution in [0.4, 0.5) is 5.69 Å². The van der Waals surface area contributed by atoms with Crippen LogP contribution in [0.5, 0.6) is 0 Å². The lowest BCUT2D eigenvalue weighted by atomic mass is 9.70. The minimum Gasteiger partial charge on any atom is -0.388 e. The molecule has 2 aromatic rings. The Labute approximate surface area is 128 Å². The second-order valence-electron chi connectivity index (χ2n) is 7.37. The van der Waals surface area contributed by atoms with Crippen molar-refractivity contribution in [3.8, 4) is 0 Å². The van der Waals surface area contributed by atoms with Gasteiger partial charge < -0.3 is 5.32 Å². The van der Waals surface area contributed by atoms with Crippen LogP contribution in [0.1, 0.15) is 56.6 Å². The summed E-state index contributed by atoms with van der Waals surface area (Å²) < 4.78 is 0. The van der Waals surface area contributed by atoms with E-state index in [9.17, 15) is 0 Å². The highest BCUT2D eigenvalue weighted by molar-refractivity contribution is 5.93. The number of nitrogens with one attached hydrogen (secondary N) is 1. The van der Waals surface area contributed by atoms with E-state index < -0.39 is 0 Å². The first-order valence-corrected chi connectivity index (χ1v) is 8.22. The Kier molecular flexibility index (Phi) is 3.69. The molecule has 21 heavy (non-hydrogen) atoms. The predicted molar refractivity (Wildman–Crippen MR) is 93.2 cm³/mol. The summed E-state index contributed by atoms with van der Waals surface area (Å²) >= 11 is 0. The fraction of sp³-hybridized carbons (Fsp3) is 0.500. The summed E-state index contributed by atoms with van der Waals surface area (Å²) in [5.74, 6) is 0.718. The fourth-order valence-corrected chi connectivity index (χ4v) is 3.86. The zero-order chi connectivity index (χ0) is 15.0. The summed E-state index contributed by atoms with van der Waals surface area (Å²) in [5.41, 5.74) is 4.74. The van der Waals surface area contributed by atoms with Gasteiger partial charge in [-0.25, -0.2) is 0 Å². The van der Waals surface area contributed by atoms with Gasteiger partial charge >= 0.3 is 0 Å². The quantitative estimate of drug-likeness (QED) is 0.725. The van der Waals surface area contributed by atoms with Crippen molar-refractivity contribution in [2.24, 2.45) is 5.41 Å². The van der Waals surface area contributed by atoms with Crippen LogP contribution in [0, 0.1) is 12.3 Å². The molecule has 0 spiro atoms. The first-order chi connectivity index (χ1) is 10.0. The van der Waals surface area contributed by atoms with Gasteiger partial charge in [0.25, 0.3) is 0 Å². The molecule has 112 valence electrons. The molecular formula is C20H27N. The topological polar surface area (TPSA) is 12.0 Å². The van der Waals surface area contributed by atoms with Crippen molar-refractivity contribution in [3.05, 3.63) is 41.5 Å². The van der Waals surface area contributed by atoms with E-state index in [-0.39, 0.29) is 0 Å². The monoisotopic (exact) mass is 281 g/mol. The molecule has 1 fully saturated rings. The SMILES string of the molecule is CNc1cc(C2CCC(C)(C)CC2)c2ccccc2c1C. The normalized spacial score (nSPS) is 18.9. The average molecular weight is 281 g/mol. The first-order valence-electron chi connectivity index (χ1n) is 8.22. The number of hydrogen-bond donors (Lipinski definition) is 1. The van der Waals surface area contributed by atoms with Crippen LogP contribution < -0.4 is 5.32 Å². The number of anilines is 1. The zero-order valence-electron chi connectivity index (χ0n) is 13.8. The van der Waals surface area contributed by atoms with Crippen LogP contribution in [0.15, 0.2) is 30.3 Å². The third-order valence-corrected chi connectivity index (χ3v) is 5.39. The van der Waals surface area contributed by atoms with Gasteiger partial charge in [0.2, 0.25) is 0 Å². The molecule has 0 heterocycles. The van der Waals surface area contributed by atoms with Crippen molar-refractivity contribution < 1.29 is 0 Å². The molecule has 1 aliphatic rings. The molecule has 1 heteroatoms. The molecule has 1 N–H and O–H groups in total. The van der Waals surface area contributed by atoms with Gasteiger partial charge in [0.1, 0.15) is 0 Å². The molecule has 0 saturated heterocycles. The van der Waals surface area contributed by atoms with E-state index in [2.05, 4.69) is 56.4 Å². The highest BCUT2D eigenvalue weighted by Crippen LogP contribution is 2.45. The van der Waals surface area contributed by atoms with E-state index in [1.807, 2.05) is 7.05 Å². The van der Waals surface area contributed by atoms with Crippen molar-refractivity contribution in [1.29, 1.82) is 0 Å². The summed E-state index contributed by atoms with van der Waals surface area (Å²) in [6.07, 6.45) is 5.33. The highest BCUT2D eigenvalue weighted by Gasteiger charge is 2.28. The molecule has 0 atom stereocenters. The summed E-state index contributed by atoms with van der Waals surface area (Å²) in [4.78, 5) is 0. The van der Waals surface area contributed by atoms with E-state index >= 15 is 0 Å². The molecule has 3 rings (SSSR count). The summed E-state index contributed by atoms with van der Waals surface area (Å²) in [7, 11) is 2.03. The molecule has 0 aliphatic heterocycles. The minimum absolute atomic E-state index is 0.531. The van der Waals surface area contributed by atoms with Crippen molar-refractivity contribution in [2.75, 3.05) is 12.4 Å². The number of fused-ring (bicyclic) bond motifs is 1. The lowest BCUT2D eigenvalue weighted by Gasteiger charge is -2.35. The lowest BCUT2D eigenvalue weighted by Crippen LogP contribution is -2.20. The molecule has 0 amide bonds. The molecule has 0 aromatic heterocycles. The Balaban J connectivity index is 2.08. The summed E-state index contributed by atoms with van der Waals surface area (Å²) in [6.45, 7) is 7.05. The largest absolute Gasteiger partial charge is 0.388 e. The Morgan fingerprint density at radius 2 is 1.67 bits per heavy atom. The Morgan fingerprint density at radius 1 is 1.05 bits per heavy atom. The fourth-order valence-electron chi connectivity index (χ4n) is 3.86. The van der Waals surface area contributed by atoms with E-state index in [1.54, 1.807) is 5.56 Å². The second kappa shape index (κ2) is 5.36. The molecule has 0 bridgehead atoms. The van der Waals surface area contributed by atoms with Crippen molar-refractivity contribution in [2.45, 2.75) is 52.4 Å². The molecule has 1 saturated carbocycles. The number of hydrogen-bond acceptors (Lipinski definition) is 1. The van der Waals surface area contributed by atoms with Gasteiger partial charge in [-0.1, -0.05) is 38.1 Å². The third-order valence-electron chi connectivity index (χ3n) is 5.39. The van der Waals surface area contributed by atoms with E-state index in [1.165, 1.54) is 47.7 Å². The Morgan fingerprint density at radius 3 is 2.29 bits per heavy atom. The van der Waals surface area contributed by atoms with Crippen molar-refractivity contribution >= 4 is 16.5 Å². The van der Waals surface area contributed by atoms with E-state index in [4.69, 9.17) is 0 Å². The van der Waals surface area contributed by atoms with Gasteiger partial charge in [-0.15, -0.1) is 0 Å². The van der Waals surface area contributed by atoms with Gasteiger partial charge in [-0.2, -0.15) is 0 Å². The number of benzene rings is 2. The highest BCUT2D eigenvalue weighted by atomic mass is 14.8. The average Bonchev–Trinajstić information content (AvgIpc) is 2.48. The number of rotatable bonds is 2. The van der Waals surface area contributed by atoms with Crippen molar-refractivity contribution in [3.63, 3.8) is 0 Å². The van der Waals surface area contributed by atoms with Crippen LogP contribution in [-0.4, -0.2) is 7.05 Å². The van der Waals surface area contributed by atoms with Gasteiger partial charge in [-0.3, -0.25) is 0 Å². The molecule has 0 unspecified atom stereocenters. The van der Waals surface area contributed by atoms with Gasteiger partial charge in [0.05, 0.1) is 0 Å². The maximum absolute atomic E-state index is 3.38. The summed E-state index contributed by atoms with van der Waals surface area (Å²) in [6, 6.07) is 11.3. The third kappa shape index (κ3) is 2.66. The zero-order valence-corrected chi connectivity index (χ0v) is 13.8. The van der Waals surface area contributed by atoms with Gasteiger partial charge in [0.15, 0.2) is 0 Å². The van der Waals surface area contributed by atoms with Crippen LogP contribution in [0.25, 0.3) is 10.8 Å². The minimum atomic E-state index is 0.531. The molecule has 2 aromatic carbocycles. The standard InChI is InChI=1S/C20H27N/c1-14-16-7-5-6-8-17(16)18(13-19(14)21-4)15-9-11-20(2,3)12-10-15/h5-8,13,15,21H,9-12H2,1-4H3. The van der Waals surface area contributed by atoms with Crippen LogP contribution in [0.3, 0.4) is 0 Å². The summed E-state index contributed by atoms with van der Waals surface area (Å²) in [5, 5.41) is 6.25. The van der Waals surface area contributed by atoms with Crippen LogP contribution in [-0.2, 0) is 0 Å². The smallest absolute Gasteiger partial charge is 0.0376 e. The van der Waals surface area contributed by atoms with Gasteiger partial charge in [-0.05, 0) is 71.9 Å². The van der Waals surface area contributed by atoms with E-state index in [0.717, 1.165) is 5.92 Å². The van der Waals surface area contributed by atoms with Crippen molar-refractivity contribution in [1.82, 2.24) is 0 Å². The molecule has 1 aliphatic carbocycles. The molecule has 0 radical (unpaired) electrons.